The molecule has 2 rings (SSSR count). The lowest BCUT2D eigenvalue weighted by Crippen LogP contribution is -2.25. The standard InChI is InChI=1S/C10H13NO2/c1-9(2)6-10(9,8(12)13)7-4-3-5-11-7/h3-5,11H,6H2,1-2H3,(H,12,13). The number of aliphatic carboxylic acids is 1. The van der Waals surface area contributed by atoms with Crippen LogP contribution in [0.15, 0.2) is 18.3 Å². The normalized spacial score (nSPS) is 30.0. The summed E-state index contributed by atoms with van der Waals surface area (Å²) in [5, 5.41) is 9.19. The number of carboxylic acid groups (broad SMARTS) is 1. The average Bonchev–Trinajstić information content (AvgIpc) is 2.52. The Morgan fingerprint density at radius 2 is 2.23 bits per heavy atom. The monoisotopic (exact) mass is 179 g/mol. The molecule has 0 spiro atoms. The summed E-state index contributed by atoms with van der Waals surface area (Å²) in [7, 11) is 0. The Kier molecular flexibility index (Phi) is 1.39. The van der Waals surface area contributed by atoms with E-state index in [0.29, 0.717) is 0 Å². The SMILES string of the molecule is CC1(C)CC1(C(=O)O)c1ccc[nH]1. The number of aromatic amines is 1. The maximum absolute atomic E-state index is 11.2. The number of carboxylic acids is 1. The van der Waals surface area contributed by atoms with Crippen LogP contribution in [0.2, 0.25) is 0 Å². The van der Waals surface area contributed by atoms with Gasteiger partial charge in [-0.1, -0.05) is 13.8 Å². The highest BCUT2D eigenvalue weighted by molar-refractivity contribution is 5.86. The van der Waals surface area contributed by atoms with Gasteiger partial charge in [0.25, 0.3) is 0 Å². The zero-order valence-corrected chi connectivity index (χ0v) is 7.79. The highest BCUT2D eigenvalue weighted by Gasteiger charge is 2.68. The van der Waals surface area contributed by atoms with Crippen LogP contribution in [0.1, 0.15) is 26.0 Å². The first-order valence-electron chi connectivity index (χ1n) is 4.38. The molecule has 2 N–H and O–H groups in total. The molecule has 13 heavy (non-hydrogen) atoms. The minimum Gasteiger partial charge on any atom is -0.481 e. The third-order valence-electron chi connectivity index (χ3n) is 3.16. The fourth-order valence-electron chi connectivity index (χ4n) is 2.15. The summed E-state index contributed by atoms with van der Waals surface area (Å²) in [4.78, 5) is 14.2. The molecule has 1 heterocycles. The fourth-order valence-corrected chi connectivity index (χ4v) is 2.15. The first kappa shape index (κ1) is 8.35. The van der Waals surface area contributed by atoms with Gasteiger partial charge in [-0.3, -0.25) is 4.79 Å². The van der Waals surface area contributed by atoms with E-state index in [2.05, 4.69) is 4.98 Å². The van der Waals surface area contributed by atoms with Gasteiger partial charge in [0.1, 0.15) is 5.41 Å². The molecule has 0 aliphatic heterocycles. The molecule has 3 heteroatoms. The third kappa shape index (κ3) is 0.870. The van der Waals surface area contributed by atoms with Crippen LogP contribution in [0.25, 0.3) is 0 Å². The maximum atomic E-state index is 11.2. The van der Waals surface area contributed by atoms with E-state index in [9.17, 15) is 9.90 Å². The van der Waals surface area contributed by atoms with Gasteiger partial charge in [-0.15, -0.1) is 0 Å². The largest absolute Gasteiger partial charge is 0.481 e. The summed E-state index contributed by atoms with van der Waals surface area (Å²) in [5.74, 6) is -0.722. The predicted octanol–water partition coefficient (Wildman–Crippen LogP) is 1.77. The van der Waals surface area contributed by atoms with Crippen molar-refractivity contribution < 1.29 is 9.90 Å². The Labute approximate surface area is 76.8 Å². The fraction of sp³-hybridized carbons (Fsp3) is 0.500. The van der Waals surface area contributed by atoms with E-state index in [1.165, 1.54) is 0 Å². The first-order valence-corrected chi connectivity index (χ1v) is 4.38. The molecule has 1 unspecified atom stereocenters. The number of aromatic nitrogens is 1. The highest BCUT2D eigenvalue weighted by atomic mass is 16.4. The zero-order chi connectivity index (χ0) is 9.69. The quantitative estimate of drug-likeness (QED) is 0.726. The van der Waals surface area contributed by atoms with Crippen LogP contribution in [-0.4, -0.2) is 16.1 Å². The highest BCUT2D eigenvalue weighted by Crippen LogP contribution is 2.63. The molecule has 0 amide bonds. The van der Waals surface area contributed by atoms with Crippen molar-refractivity contribution in [1.29, 1.82) is 0 Å². The molecular formula is C10H13NO2. The molecule has 0 aromatic carbocycles. The molecular weight excluding hydrogens is 166 g/mol. The number of carbonyl (C=O) groups is 1. The predicted molar refractivity (Wildman–Crippen MR) is 48.5 cm³/mol. The number of hydrogen-bond donors (Lipinski definition) is 2. The minimum atomic E-state index is -0.722. The van der Waals surface area contributed by atoms with Gasteiger partial charge in [0, 0.05) is 11.9 Å². The van der Waals surface area contributed by atoms with Crippen molar-refractivity contribution in [3.63, 3.8) is 0 Å². The molecule has 1 atom stereocenters. The van der Waals surface area contributed by atoms with Crippen molar-refractivity contribution in [1.82, 2.24) is 4.98 Å². The summed E-state index contributed by atoms with van der Waals surface area (Å²) >= 11 is 0. The minimum absolute atomic E-state index is 0.121. The number of H-pyrrole nitrogens is 1. The summed E-state index contributed by atoms with van der Waals surface area (Å²) < 4.78 is 0. The van der Waals surface area contributed by atoms with E-state index >= 15 is 0 Å². The second-order valence-corrected chi connectivity index (χ2v) is 4.35. The summed E-state index contributed by atoms with van der Waals surface area (Å²) in [6.45, 7) is 3.98. The van der Waals surface area contributed by atoms with Gasteiger partial charge < -0.3 is 10.1 Å². The van der Waals surface area contributed by atoms with Gasteiger partial charge in [0.05, 0.1) is 0 Å². The van der Waals surface area contributed by atoms with Crippen molar-refractivity contribution in [2.45, 2.75) is 25.7 Å². The maximum Gasteiger partial charge on any atom is 0.316 e. The van der Waals surface area contributed by atoms with E-state index < -0.39 is 11.4 Å². The van der Waals surface area contributed by atoms with Crippen LogP contribution in [-0.2, 0) is 10.2 Å². The van der Waals surface area contributed by atoms with E-state index in [0.717, 1.165) is 12.1 Å². The van der Waals surface area contributed by atoms with Crippen molar-refractivity contribution >= 4 is 5.97 Å². The topological polar surface area (TPSA) is 53.1 Å². The zero-order valence-electron chi connectivity index (χ0n) is 7.79. The molecule has 1 aromatic rings. The van der Waals surface area contributed by atoms with Crippen LogP contribution < -0.4 is 0 Å². The first-order chi connectivity index (χ1) is 6.01. The average molecular weight is 179 g/mol. The lowest BCUT2D eigenvalue weighted by atomic mass is 9.93. The molecule has 70 valence electrons. The van der Waals surface area contributed by atoms with E-state index in [1.807, 2.05) is 26.0 Å². The van der Waals surface area contributed by atoms with Crippen molar-refractivity contribution in [3.05, 3.63) is 24.0 Å². The number of rotatable bonds is 2. The molecule has 0 radical (unpaired) electrons. The Hall–Kier alpha value is -1.25. The van der Waals surface area contributed by atoms with Gasteiger partial charge in [-0.25, -0.2) is 0 Å². The molecule has 1 aromatic heterocycles. The Balaban J connectivity index is 2.45. The van der Waals surface area contributed by atoms with E-state index in [-0.39, 0.29) is 5.41 Å². The van der Waals surface area contributed by atoms with Crippen molar-refractivity contribution in [2.75, 3.05) is 0 Å². The van der Waals surface area contributed by atoms with Crippen LogP contribution in [0, 0.1) is 5.41 Å². The third-order valence-corrected chi connectivity index (χ3v) is 3.16. The lowest BCUT2D eigenvalue weighted by molar-refractivity contribution is -0.141. The van der Waals surface area contributed by atoms with Crippen molar-refractivity contribution in [2.24, 2.45) is 5.41 Å². The Bertz CT molecular complexity index is 340. The molecule has 1 fully saturated rings. The molecule has 3 nitrogen and oxygen atoms in total. The number of nitrogens with one attached hydrogen (secondary N) is 1. The van der Waals surface area contributed by atoms with Crippen molar-refractivity contribution in [3.8, 4) is 0 Å². The second-order valence-electron chi connectivity index (χ2n) is 4.35. The number of hydrogen-bond acceptors (Lipinski definition) is 1. The molecule has 0 bridgehead atoms. The van der Waals surface area contributed by atoms with E-state index in [4.69, 9.17) is 0 Å². The van der Waals surface area contributed by atoms with Crippen LogP contribution in [0.3, 0.4) is 0 Å². The van der Waals surface area contributed by atoms with Crippen LogP contribution >= 0.6 is 0 Å². The van der Waals surface area contributed by atoms with Gasteiger partial charge in [-0.2, -0.15) is 0 Å². The smallest absolute Gasteiger partial charge is 0.316 e. The van der Waals surface area contributed by atoms with Gasteiger partial charge in [-0.05, 0) is 24.0 Å². The second kappa shape index (κ2) is 2.16. The van der Waals surface area contributed by atoms with Gasteiger partial charge in [0.15, 0.2) is 0 Å². The van der Waals surface area contributed by atoms with E-state index in [1.54, 1.807) is 6.20 Å². The Morgan fingerprint density at radius 1 is 1.62 bits per heavy atom. The van der Waals surface area contributed by atoms with Gasteiger partial charge >= 0.3 is 5.97 Å². The van der Waals surface area contributed by atoms with Crippen LogP contribution in [0.4, 0.5) is 0 Å². The summed E-state index contributed by atoms with van der Waals surface area (Å²) in [6, 6.07) is 3.69. The molecule has 1 saturated carbocycles. The molecule has 1 aliphatic rings. The molecule has 1 aliphatic carbocycles. The summed E-state index contributed by atoms with van der Waals surface area (Å²) in [5.41, 5.74) is 0.0326. The molecule has 0 saturated heterocycles. The lowest BCUT2D eigenvalue weighted by Gasteiger charge is -2.13. The van der Waals surface area contributed by atoms with Gasteiger partial charge in [0.2, 0.25) is 0 Å². The Morgan fingerprint density at radius 3 is 2.54 bits per heavy atom. The van der Waals surface area contributed by atoms with Crippen LogP contribution in [0.5, 0.6) is 0 Å². The summed E-state index contributed by atoms with van der Waals surface area (Å²) in [6.07, 6.45) is 2.49.